The fraction of sp³-hybridized carbons (Fsp3) is 0.154. The molecule has 0 aliphatic heterocycles. The lowest BCUT2D eigenvalue weighted by Crippen LogP contribution is -2.12. The molecule has 0 aliphatic rings. The van der Waals surface area contributed by atoms with Gasteiger partial charge in [0.1, 0.15) is 5.15 Å². The van der Waals surface area contributed by atoms with Crippen LogP contribution in [0.2, 0.25) is 10.2 Å². The zero-order chi connectivity index (χ0) is 12.1. The summed E-state index contributed by atoms with van der Waals surface area (Å²) in [5.41, 5.74) is 2.32. The molecule has 0 spiro atoms. The molecule has 0 radical (unpaired) electrons. The summed E-state index contributed by atoms with van der Waals surface area (Å²) in [6.45, 7) is 1.58. The molecule has 0 saturated heterocycles. The third-order valence-electron chi connectivity index (χ3n) is 2.36. The van der Waals surface area contributed by atoms with Crippen molar-refractivity contribution < 1.29 is 0 Å². The Morgan fingerprint density at radius 3 is 2.18 bits per heavy atom. The normalized spacial score (nSPS) is 10.5. The number of rotatable bonds is 4. The molecule has 0 atom stereocenters. The molecule has 0 bridgehead atoms. The number of hydrogen-bond donors (Lipinski definition) is 1. The SMILES string of the molecule is Clc1ccc(CNCc2ccc(Cl)nc2)cc1. The van der Waals surface area contributed by atoms with Gasteiger partial charge < -0.3 is 5.32 Å². The summed E-state index contributed by atoms with van der Waals surface area (Å²) in [6.07, 6.45) is 1.77. The first-order valence-electron chi connectivity index (χ1n) is 5.29. The van der Waals surface area contributed by atoms with E-state index >= 15 is 0 Å². The van der Waals surface area contributed by atoms with E-state index in [2.05, 4.69) is 10.3 Å². The summed E-state index contributed by atoms with van der Waals surface area (Å²) in [4.78, 5) is 4.02. The molecule has 0 unspecified atom stereocenters. The first-order valence-corrected chi connectivity index (χ1v) is 6.05. The summed E-state index contributed by atoms with van der Waals surface area (Å²) in [5, 5.41) is 4.61. The average molecular weight is 267 g/mol. The van der Waals surface area contributed by atoms with Crippen molar-refractivity contribution in [1.82, 2.24) is 10.3 Å². The second-order valence-electron chi connectivity index (χ2n) is 3.72. The van der Waals surface area contributed by atoms with Crippen molar-refractivity contribution in [3.05, 3.63) is 63.9 Å². The third kappa shape index (κ3) is 4.00. The zero-order valence-corrected chi connectivity index (χ0v) is 10.7. The van der Waals surface area contributed by atoms with Crippen LogP contribution >= 0.6 is 23.2 Å². The van der Waals surface area contributed by atoms with E-state index < -0.39 is 0 Å². The van der Waals surface area contributed by atoms with Crippen molar-refractivity contribution in [2.24, 2.45) is 0 Å². The van der Waals surface area contributed by atoms with Crippen molar-refractivity contribution in [3.8, 4) is 0 Å². The van der Waals surface area contributed by atoms with Crippen molar-refractivity contribution in [2.75, 3.05) is 0 Å². The maximum atomic E-state index is 5.82. The topological polar surface area (TPSA) is 24.9 Å². The van der Waals surface area contributed by atoms with Gasteiger partial charge >= 0.3 is 0 Å². The Hall–Kier alpha value is -1.09. The Morgan fingerprint density at radius 2 is 1.53 bits per heavy atom. The van der Waals surface area contributed by atoms with Gasteiger partial charge in [0.25, 0.3) is 0 Å². The number of pyridine rings is 1. The van der Waals surface area contributed by atoms with E-state index in [9.17, 15) is 0 Å². The maximum Gasteiger partial charge on any atom is 0.129 e. The predicted octanol–water partition coefficient (Wildman–Crippen LogP) is 3.68. The van der Waals surface area contributed by atoms with E-state index in [0.717, 1.165) is 23.7 Å². The van der Waals surface area contributed by atoms with Crippen molar-refractivity contribution in [2.45, 2.75) is 13.1 Å². The average Bonchev–Trinajstić information content (AvgIpc) is 2.34. The molecule has 0 fully saturated rings. The summed E-state index contributed by atoms with van der Waals surface area (Å²) in [5.74, 6) is 0. The summed E-state index contributed by atoms with van der Waals surface area (Å²) < 4.78 is 0. The van der Waals surface area contributed by atoms with Gasteiger partial charge in [-0.1, -0.05) is 41.4 Å². The monoisotopic (exact) mass is 266 g/mol. The maximum absolute atomic E-state index is 5.82. The highest BCUT2D eigenvalue weighted by Gasteiger charge is 1.95. The second kappa shape index (κ2) is 6.01. The predicted molar refractivity (Wildman–Crippen MR) is 71.2 cm³/mol. The van der Waals surface area contributed by atoms with Crippen LogP contribution < -0.4 is 5.32 Å². The molecule has 0 saturated carbocycles. The number of nitrogens with zero attached hydrogens (tertiary/aromatic N) is 1. The lowest BCUT2D eigenvalue weighted by atomic mass is 10.2. The fourth-order valence-electron chi connectivity index (χ4n) is 1.46. The fourth-order valence-corrected chi connectivity index (χ4v) is 1.70. The lowest BCUT2D eigenvalue weighted by molar-refractivity contribution is 0.691. The Balaban J connectivity index is 1.83. The Morgan fingerprint density at radius 1 is 0.882 bits per heavy atom. The number of aromatic nitrogens is 1. The molecule has 1 aromatic carbocycles. The minimum atomic E-state index is 0.520. The second-order valence-corrected chi connectivity index (χ2v) is 4.54. The van der Waals surface area contributed by atoms with Gasteiger partial charge in [-0.25, -0.2) is 4.98 Å². The molecule has 4 heteroatoms. The van der Waals surface area contributed by atoms with E-state index in [1.165, 1.54) is 5.56 Å². The number of halogens is 2. The van der Waals surface area contributed by atoms with Gasteiger partial charge in [0.15, 0.2) is 0 Å². The zero-order valence-electron chi connectivity index (χ0n) is 9.16. The standard InChI is InChI=1S/C13H12Cl2N2/c14-12-4-1-10(2-5-12)7-16-8-11-3-6-13(15)17-9-11/h1-6,9,16H,7-8H2. The molecule has 1 heterocycles. The van der Waals surface area contributed by atoms with Gasteiger partial charge in [0, 0.05) is 24.3 Å². The van der Waals surface area contributed by atoms with Crippen LogP contribution in [0, 0.1) is 0 Å². The summed E-state index contributed by atoms with van der Waals surface area (Å²) in [7, 11) is 0. The van der Waals surface area contributed by atoms with Gasteiger partial charge in [0.2, 0.25) is 0 Å². The van der Waals surface area contributed by atoms with Gasteiger partial charge in [-0.2, -0.15) is 0 Å². The number of nitrogens with one attached hydrogen (secondary N) is 1. The van der Waals surface area contributed by atoms with Crippen molar-refractivity contribution in [3.63, 3.8) is 0 Å². The third-order valence-corrected chi connectivity index (χ3v) is 2.84. The summed E-state index contributed by atoms with van der Waals surface area (Å²) >= 11 is 11.5. The van der Waals surface area contributed by atoms with Crippen LogP contribution in [0.4, 0.5) is 0 Å². The van der Waals surface area contributed by atoms with Gasteiger partial charge in [-0.05, 0) is 29.3 Å². The van der Waals surface area contributed by atoms with E-state index in [1.807, 2.05) is 30.3 Å². The first-order chi connectivity index (χ1) is 8.24. The molecular weight excluding hydrogens is 255 g/mol. The van der Waals surface area contributed by atoms with Gasteiger partial charge in [-0.15, -0.1) is 0 Å². The molecule has 1 aromatic heterocycles. The minimum absolute atomic E-state index is 0.520. The molecule has 0 aliphatic carbocycles. The largest absolute Gasteiger partial charge is 0.309 e. The molecule has 17 heavy (non-hydrogen) atoms. The number of hydrogen-bond acceptors (Lipinski definition) is 2. The molecule has 2 aromatic rings. The van der Waals surface area contributed by atoms with Crippen LogP contribution in [0.1, 0.15) is 11.1 Å². The van der Waals surface area contributed by atoms with Crippen LogP contribution in [0.25, 0.3) is 0 Å². The van der Waals surface area contributed by atoms with Gasteiger partial charge in [-0.3, -0.25) is 0 Å². The first kappa shape index (κ1) is 12.4. The highest BCUT2D eigenvalue weighted by Crippen LogP contribution is 2.09. The van der Waals surface area contributed by atoms with E-state index in [0.29, 0.717) is 5.15 Å². The Labute approximate surface area is 111 Å². The number of benzene rings is 1. The lowest BCUT2D eigenvalue weighted by Gasteiger charge is -2.05. The highest BCUT2D eigenvalue weighted by molar-refractivity contribution is 6.30. The minimum Gasteiger partial charge on any atom is -0.309 e. The molecule has 88 valence electrons. The smallest absolute Gasteiger partial charge is 0.129 e. The molecule has 1 N–H and O–H groups in total. The molecule has 2 nitrogen and oxygen atoms in total. The molecule has 2 rings (SSSR count). The van der Waals surface area contributed by atoms with Crippen LogP contribution in [-0.4, -0.2) is 4.98 Å². The van der Waals surface area contributed by atoms with E-state index in [1.54, 1.807) is 12.3 Å². The van der Waals surface area contributed by atoms with Crippen LogP contribution in [0.15, 0.2) is 42.6 Å². The van der Waals surface area contributed by atoms with Crippen LogP contribution in [-0.2, 0) is 13.1 Å². The highest BCUT2D eigenvalue weighted by atomic mass is 35.5. The summed E-state index contributed by atoms with van der Waals surface area (Å²) in [6, 6.07) is 11.6. The van der Waals surface area contributed by atoms with E-state index in [-0.39, 0.29) is 0 Å². The van der Waals surface area contributed by atoms with Crippen LogP contribution in [0.3, 0.4) is 0 Å². The van der Waals surface area contributed by atoms with E-state index in [4.69, 9.17) is 23.2 Å². The van der Waals surface area contributed by atoms with Crippen molar-refractivity contribution in [1.29, 1.82) is 0 Å². The Kier molecular flexibility index (Phi) is 4.37. The van der Waals surface area contributed by atoms with Gasteiger partial charge in [0.05, 0.1) is 0 Å². The quantitative estimate of drug-likeness (QED) is 0.855. The van der Waals surface area contributed by atoms with Crippen LogP contribution in [0.5, 0.6) is 0 Å². The van der Waals surface area contributed by atoms with Crippen molar-refractivity contribution >= 4 is 23.2 Å². The Bertz CT molecular complexity index is 420. The molecule has 0 amide bonds. The molecular formula is C13H12Cl2N2.